The van der Waals surface area contributed by atoms with E-state index in [-0.39, 0.29) is 11.9 Å². The maximum Gasteiger partial charge on any atom is 0.255 e. The van der Waals surface area contributed by atoms with Crippen LogP contribution in [0.1, 0.15) is 30.6 Å². The molecule has 1 aromatic rings. The fourth-order valence-electron chi connectivity index (χ4n) is 1.37. The summed E-state index contributed by atoms with van der Waals surface area (Å²) in [7, 11) is 1.81. The third-order valence-corrected chi connectivity index (χ3v) is 3.48. The summed E-state index contributed by atoms with van der Waals surface area (Å²) in [5, 5.41) is 0. The van der Waals surface area contributed by atoms with E-state index in [0.717, 1.165) is 10.9 Å². The van der Waals surface area contributed by atoms with Crippen molar-refractivity contribution in [2.24, 2.45) is 0 Å². The van der Waals surface area contributed by atoms with Gasteiger partial charge >= 0.3 is 0 Å². The predicted octanol–water partition coefficient (Wildman–Crippen LogP) is 2.90. The van der Waals surface area contributed by atoms with E-state index in [1.165, 1.54) is 0 Å². The summed E-state index contributed by atoms with van der Waals surface area (Å²) in [4.78, 5) is 13.9. The molecule has 0 aromatic heterocycles. The summed E-state index contributed by atoms with van der Waals surface area (Å²) in [5.41, 5.74) is 6.90. The van der Waals surface area contributed by atoms with Gasteiger partial charge in [0.15, 0.2) is 0 Å². The minimum absolute atomic E-state index is 0.00600. The fraction of sp³-hybridized carbons (Fsp3) is 0.417. The molecule has 1 unspecified atom stereocenters. The lowest BCUT2D eigenvalue weighted by atomic mass is 10.1. The molecule has 0 heterocycles. The Kier molecular flexibility index (Phi) is 4.35. The minimum Gasteiger partial charge on any atom is -0.399 e. The lowest BCUT2D eigenvalue weighted by molar-refractivity contribution is 0.0739. The zero-order chi connectivity index (χ0) is 12.3. The van der Waals surface area contributed by atoms with Gasteiger partial charge in [-0.3, -0.25) is 4.79 Å². The molecule has 0 aliphatic heterocycles. The molecule has 0 radical (unpaired) electrons. The van der Waals surface area contributed by atoms with Crippen molar-refractivity contribution < 1.29 is 4.79 Å². The molecular weight excluding hydrogens is 268 g/mol. The van der Waals surface area contributed by atoms with Gasteiger partial charge in [0, 0.05) is 23.2 Å². The Balaban J connectivity index is 3.00. The van der Waals surface area contributed by atoms with Crippen molar-refractivity contribution in [3.05, 3.63) is 28.2 Å². The van der Waals surface area contributed by atoms with Gasteiger partial charge in [-0.05, 0) is 47.5 Å². The van der Waals surface area contributed by atoms with Gasteiger partial charge < -0.3 is 10.6 Å². The van der Waals surface area contributed by atoms with Crippen LogP contribution in [0.3, 0.4) is 0 Å². The minimum atomic E-state index is -0.00600. The first kappa shape index (κ1) is 13.0. The number of amides is 1. The van der Waals surface area contributed by atoms with Gasteiger partial charge in [-0.25, -0.2) is 0 Å². The van der Waals surface area contributed by atoms with E-state index in [9.17, 15) is 4.79 Å². The van der Waals surface area contributed by atoms with Crippen LogP contribution in [0.2, 0.25) is 0 Å². The Bertz CT molecular complexity index is 393. The maximum absolute atomic E-state index is 12.2. The van der Waals surface area contributed by atoms with E-state index >= 15 is 0 Å². The highest BCUT2D eigenvalue weighted by Crippen LogP contribution is 2.21. The Labute approximate surface area is 105 Å². The van der Waals surface area contributed by atoms with Crippen LogP contribution in [0.5, 0.6) is 0 Å². The van der Waals surface area contributed by atoms with Crippen LogP contribution in [0, 0.1) is 0 Å². The van der Waals surface area contributed by atoms with Gasteiger partial charge in [0.05, 0.1) is 5.56 Å². The zero-order valence-electron chi connectivity index (χ0n) is 9.83. The predicted molar refractivity (Wildman–Crippen MR) is 70.4 cm³/mol. The monoisotopic (exact) mass is 284 g/mol. The molecule has 0 spiro atoms. The first-order valence-corrected chi connectivity index (χ1v) is 6.08. The zero-order valence-corrected chi connectivity index (χ0v) is 11.4. The number of nitrogens with two attached hydrogens (primary N) is 1. The number of hydrogen-bond donors (Lipinski definition) is 1. The van der Waals surface area contributed by atoms with Gasteiger partial charge in [0.25, 0.3) is 5.91 Å². The van der Waals surface area contributed by atoms with Gasteiger partial charge in [-0.2, -0.15) is 0 Å². The largest absolute Gasteiger partial charge is 0.399 e. The maximum atomic E-state index is 12.2. The van der Waals surface area contributed by atoms with Crippen LogP contribution >= 0.6 is 15.9 Å². The Morgan fingerprint density at radius 2 is 2.19 bits per heavy atom. The molecule has 0 bridgehead atoms. The average Bonchev–Trinajstić information content (AvgIpc) is 2.29. The summed E-state index contributed by atoms with van der Waals surface area (Å²) in [6.07, 6.45) is 0.933. The van der Waals surface area contributed by atoms with Crippen LogP contribution in [-0.4, -0.2) is 23.9 Å². The molecule has 0 saturated heterocycles. The van der Waals surface area contributed by atoms with Crippen LogP contribution in [0.4, 0.5) is 5.69 Å². The number of carbonyl (C=O) groups excluding carboxylic acids is 1. The number of carbonyl (C=O) groups is 1. The number of rotatable bonds is 3. The normalized spacial score (nSPS) is 12.2. The van der Waals surface area contributed by atoms with E-state index in [0.29, 0.717) is 11.3 Å². The molecule has 16 heavy (non-hydrogen) atoms. The van der Waals surface area contributed by atoms with Crippen LogP contribution in [0.25, 0.3) is 0 Å². The summed E-state index contributed by atoms with van der Waals surface area (Å²) in [6.45, 7) is 4.08. The topological polar surface area (TPSA) is 46.3 Å². The average molecular weight is 285 g/mol. The number of benzene rings is 1. The molecule has 0 fully saturated rings. The van der Waals surface area contributed by atoms with Crippen molar-refractivity contribution in [3.63, 3.8) is 0 Å². The number of nitrogens with zero attached hydrogens (tertiary/aromatic N) is 1. The highest BCUT2D eigenvalue weighted by Gasteiger charge is 2.18. The highest BCUT2D eigenvalue weighted by molar-refractivity contribution is 9.10. The summed E-state index contributed by atoms with van der Waals surface area (Å²) in [5.74, 6) is -0.00600. The second-order valence-electron chi connectivity index (χ2n) is 3.91. The third-order valence-electron chi connectivity index (χ3n) is 2.79. The molecule has 1 atom stereocenters. The van der Waals surface area contributed by atoms with Crippen molar-refractivity contribution in [1.29, 1.82) is 0 Å². The van der Waals surface area contributed by atoms with Crippen molar-refractivity contribution >= 4 is 27.5 Å². The number of anilines is 1. The summed E-state index contributed by atoms with van der Waals surface area (Å²) >= 11 is 3.37. The second kappa shape index (κ2) is 5.34. The standard InChI is InChI=1S/C12H17BrN2O/c1-4-8(2)15(3)12(16)10-7-9(14)5-6-11(10)13/h5-8H,4,14H2,1-3H3. The van der Waals surface area contributed by atoms with Gasteiger partial charge in [0.1, 0.15) is 0 Å². The van der Waals surface area contributed by atoms with Crippen molar-refractivity contribution in [1.82, 2.24) is 4.90 Å². The molecule has 0 aliphatic rings. The molecule has 0 aliphatic carbocycles. The third kappa shape index (κ3) is 2.76. The first-order valence-electron chi connectivity index (χ1n) is 5.29. The van der Waals surface area contributed by atoms with Crippen LogP contribution in [-0.2, 0) is 0 Å². The first-order chi connectivity index (χ1) is 7.47. The SMILES string of the molecule is CCC(C)N(C)C(=O)c1cc(N)ccc1Br. The fourth-order valence-corrected chi connectivity index (χ4v) is 1.79. The summed E-state index contributed by atoms with van der Waals surface area (Å²) in [6, 6.07) is 5.49. The quantitative estimate of drug-likeness (QED) is 0.868. The molecule has 88 valence electrons. The van der Waals surface area contributed by atoms with E-state index in [1.807, 2.05) is 14.0 Å². The lowest BCUT2D eigenvalue weighted by Crippen LogP contribution is -2.34. The number of hydrogen-bond acceptors (Lipinski definition) is 2. The molecule has 4 heteroatoms. The van der Waals surface area contributed by atoms with E-state index in [4.69, 9.17) is 5.73 Å². The lowest BCUT2D eigenvalue weighted by Gasteiger charge is -2.24. The molecule has 2 N–H and O–H groups in total. The molecule has 1 amide bonds. The van der Waals surface area contributed by atoms with E-state index in [1.54, 1.807) is 23.1 Å². The molecular formula is C12H17BrN2O. The molecule has 1 rings (SSSR count). The molecule has 3 nitrogen and oxygen atoms in total. The van der Waals surface area contributed by atoms with Gasteiger partial charge in [0.2, 0.25) is 0 Å². The van der Waals surface area contributed by atoms with Crippen LogP contribution in [0.15, 0.2) is 22.7 Å². The van der Waals surface area contributed by atoms with Crippen molar-refractivity contribution in [2.75, 3.05) is 12.8 Å². The van der Waals surface area contributed by atoms with Crippen molar-refractivity contribution in [3.8, 4) is 0 Å². The Hall–Kier alpha value is -1.03. The van der Waals surface area contributed by atoms with E-state index in [2.05, 4.69) is 22.9 Å². The van der Waals surface area contributed by atoms with Crippen LogP contribution < -0.4 is 5.73 Å². The summed E-state index contributed by atoms with van der Waals surface area (Å²) < 4.78 is 0.779. The highest BCUT2D eigenvalue weighted by atomic mass is 79.9. The number of halogens is 1. The Morgan fingerprint density at radius 1 is 1.56 bits per heavy atom. The second-order valence-corrected chi connectivity index (χ2v) is 4.77. The molecule has 0 saturated carbocycles. The molecule has 1 aromatic carbocycles. The smallest absolute Gasteiger partial charge is 0.255 e. The van der Waals surface area contributed by atoms with Gasteiger partial charge in [-0.15, -0.1) is 0 Å². The van der Waals surface area contributed by atoms with Crippen molar-refractivity contribution in [2.45, 2.75) is 26.3 Å². The Morgan fingerprint density at radius 3 is 2.75 bits per heavy atom. The van der Waals surface area contributed by atoms with E-state index < -0.39 is 0 Å². The number of nitrogen functional groups attached to an aromatic ring is 1. The van der Waals surface area contributed by atoms with Gasteiger partial charge in [-0.1, -0.05) is 6.92 Å².